The number of hydrogen-bond donors (Lipinski definition) is 2. The van der Waals surface area contributed by atoms with E-state index < -0.39 is 17.3 Å². The van der Waals surface area contributed by atoms with Crippen molar-refractivity contribution in [3.8, 4) is 0 Å². The third kappa shape index (κ3) is 2.19. The summed E-state index contributed by atoms with van der Waals surface area (Å²) in [5.74, 6) is 0.437. The lowest BCUT2D eigenvalue weighted by atomic mass is 9.42. The third-order valence-corrected chi connectivity index (χ3v) is 11.9. The Kier molecular flexibility index (Phi) is 5.38. The summed E-state index contributed by atoms with van der Waals surface area (Å²) in [5, 5.41) is 24.3. The van der Waals surface area contributed by atoms with Crippen molar-refractivity contribution in [1.82, 2.24) is 4.90 Å². The molecule has 1 saturated heterocycles. The topological polar surface area (TPSA) is 89.9 Å². The zero-order chi connectivity index (χ0) is 24.3. The smallest absolute Gasteiger partial charge is 0.136 e. The number of aliphatic hydroxyl groups excluding tert-OH is 1. The van der Waals surface area contributed by atoms with Gasteiger partial charge in [0, 0.05) is 77.1 Å². The predicted octanol–water partition coefficient (Wildman–Crippen LogP) is 0.925. The molecule has 0 aromatic heterocycles. The van der Waals surface area contributed by atoms with Crippen LogP contribution in [0.5, 0.6) is 0 Å². The van der Waals surface area contributed by atoms with E-state index in [2.05, 4.69) is 11.8 Å². The van der Waals surface area contributed by atoms with E-state index in [9.17, 15) is 10.2 Å². The Morgan fingerprint density at radius 1 is 1.03 bits per heavy atom. The highest BCUT2D eigenvalue weighted by Crippen LogP contribution is 2.81. The highest BCUT2D eigenvalue weighted by molar-refractivity contribution is 5.41. The van der Waals surface area contributed by atoms with Gasteiger partial charge in [0.2, 0.25) is 0 Å². The molecule has 0 aromatic carbocycles. The number of likely N-dealkylation sites (N-methyl/N-ethyl adjacent to an activating group) is 1. The lowest BCUT2D eigenvalue weighted by Gasteiger charge is -2.70. The summed E-state index contributed by atoms with van der Waals surface area (Å²) in [6, 6.07) is -0.182. The van der Waals surface area contributed by atoms with Gasteiger partial charge in [0.25, 0.3) is 0 Å². The highest BCUT2D eigenvalue weighted by Gasteiger charge is 2.91. The molecule has 6 fully saturated rings. The highest BCUT2D eigenvalue weighted by atomic mass is 16.5. The standard InChI is InChI=1S/C26H43NO7/c1-7-27-12-23(13-28)9-8-17(31-3)25-15-10-14-16(30-2)11-24(34-6,18(15)19(14)32-4)26(29,22(25)27)21(33-5)20(23)25/h14-22,28-29H,7-13H2,1-6H3. The number of aliphatic hydroxyl groups is 2. The third-order valence-electron chi connectivity index (χ3n) is 11.9. The largest absolute Gasteiger partial charge is 0.396 e. The van der Waals surface area contributed by atoms with E-state index in [-0.39, 0.29) is 65.5 Å². The molecule has 34 heavy (non-hydrogen) atoms. The molecule has 5 saturated carbocycles. The van der Waals surface area contributed by atoms with Gasteiger partial charge in [-0.05, 0) is 31.7 Å². The number of hydrogen-bond acceptors (Lipinski definition) is 8. The van der Waals surface area contributed by atoms with Gasteiger partial charge in [0.1, 0.15) is 11.2 Å². The van der Waals surface area contributed by atoms with Crippen LogP contribution in [0.15, 0.2) is 0 Å². The minimum atomic E-state index is -1.29. The minimum absolute atomic E-state index is 0.00625. The summed E-state index contributed by atoms with van der Waals surface area (Å²) < 4.78 is 31.6. The molecule has 1 spiro atoms. The van der Waals surface area contributed by atoms with E-state index in [1.165, 1.54) is 0 Å². The lowest BCUT2D eigenvalue weighted by Crippen LogP contribution is -2.82. The number of fused-ring (bicyclic) bond motifs is 2. The summed E-state index contributed by atoms with van der Waals surface area (Å²) in [5.41, 5.74) is -2.88. The van der Waals surface area contributed by atoms with E-state index >= 15 is 0 Å². The maximum absolute atomic E-state index is 13.3. The van der Waals surface area contributed by atoms with E-state index in [0.717, 1.165) is 32.4 Å². The predicted molar refractivity (Wildman–Crippen MR) is 123 cm³/mol. The Morgan fingerprint density at radius 3 is 2.35 bits per heavy atom. The van der Waals surface area contributed by atoms with Gasteiger partial charge in [0.05, 0.1) is 37.1 Å². The number of likely N-dealkylation sites (tertiary alicyclic amines) is 1. The lowest BCUT2D eigenvalue weighted by molar-refractivity contribution is -0.326. The first-order valence-electron chi connectivity index (χ1n) is 13.1. The van der Waals surface area contributed by atoms with Crippen molar-refractivity contribution in [2.24, 2.45) is 34.5 Å². The number of methoxy groups -OCH3 is 5. The van der Waals surface area contributed by atoms with Gasteiger partial charge < -0.3 is 33.9 Å². The molecule has 6 rings (SSSR count). The molecule has 13 unspecified atom stereocenters. The first kappa shape index (κ1) is 24.0. The Labute approximate surface area is 203 Å². The maximum Gasteiger partial charge on any atom is 0.136 e. The normalized spacial score (nSPS) is 59.5. The molecule has 8 heteroatoms. The van der Waals surface area contributed by atoms with Gasteiger partial charge in [0.15, 0.2) is 0 Å². The van der Waals surface area contributed by atoms with Gasteiger partial charge in [-0.3, -0.25) is 4.90 Å². The van der Waals surface area contributed by atoms with E-state index in [1.54, 1.807) is 28.4 Å². The summed E-state index contributed by atoms with van der Waals surface area (Å²) >= 11 is 0. The molecule has 8 nitrogen and oxygen atoms in total. The fourth-order valence-electron chi connectivity index (χ4n) is 11.4. The second kappa shape index (κ2) is 7.60. The first-order valence-corrected chi connectivity index (χ1v) is 13.1. The van der Waals surface area contributed by atoms with E-state index in [1.807, 2.05) is 7.11 Å². The molecule has 0 radical (unpaired) electrons. The van der Waals surface area contributed by atoms with Gasteiger partial charge in [-0.2, -0.15) is 0 Å². The zero-order valence-corrected chi connectivity index (χ0v) is 21.5. The molecule has 2 N–H and O–H groups in total. The fourth-order valence-corrected chi connectivity index (χ4v) is 11.4. The second-order valence-electron chi connectivity index (χ2n) is 12.0. The summed E-state index contributed by atoms with van der Waals surface area (Å²) in [4.78, 5) is 2.43. The molecule has 194 valence electrons. The monoisotopic (exact) mass is 481 g/mol. The molecule has 13 atom stereocenters. The summed E-state index contributed by atoms with van der Waals surface area (Å²) in [6.45, 7) is 3.80. The summed E-state index contributed by atoms with van der Waals surface area (Å²) in [7, 11) is 8.85. The van der Waals surface area contributed by atoms with Gasteiger partial charge in [-0.25, -0.2) is 0 Å². The van der Waals surface area contributed by atoms with Gasteiger partial charge in [-0.15, -0.1) is 0 Å². The van der Waals surface area contributed by atoms with Crippen LogP contribution >= 0.6 is 0 Å². The van der Waals surface area contributed by atoms with Crippen molar-refractivity contribution in [3.63, 3.8) is 0 Å². The Morgan fingerprint density at radius 2 is 1.79 bits per heavy atom. The minimum Gasteiger partial charge on any atom is -0.396 e. The first-order chi connectivity index (χ1) is 16.4. The Hall–Kier alpha value is -0.320. The van der Waals surface area contributed by atoms with Crippen molar-refractivity contribution in [2.45, 2.75) is 74.3 Å². The molecular weight excluding hydrogens is 438 g/mol. The van der Waals surface area contributed by atoms with Crippen molar-refractivity contribution >= 4 is 0 Å². The molecular formula is C26H43NO7. The molecule has 0 aromatic rings. The van der Waals surface area contributed by atoms with Crippen LogP contribution in [0.1, 0.15) is 32.6 Å². The van der Waals surface area contributed by atoms with Crippen LogP contribution in [-0.2, 0) is 23.7 Å². The number of ether oxygens (including phenoxy) is 5. The number of piperidine rings is 1. The zero-order valence-electron chi connectivity index (χ0n) is 21.5. The van der Waals surface area contributed by atoms with E-state index in [0.29, 0.717) is 6.42 Å². The van der Waals surface area contributed by atoms with Crippen LogP contribution in [0.4, 0.5) is 0 Å². The molecule has 1 aliphatic heterocycles. The molecule has 0 amide bonds. The Bertz CT molecular complexity index is 829. The van der Waals surface area contributed by atoms with Gasteiger partial charge in [-0.1, -0.05) is 6.92 Å². The summed E-state index contributed by atoms with van der Waals surface area (Å²) in [6.07, 6.45) is 2.67. The van der Waals surface area contributed by atoms with Crippen molar-refractivity contribution in [1.29, 1.82) is 0 Å². The SMILES string of the molecule is CCN1CC2(CO)CCC(OC)C34C5CC6C(OC)CC(OC)(C5C6OC)C(O)(C(OC)C23)C14. The van der Waals surface area contributed by atoms with Crippen LogP contribution in [-0.4, -0.2) is 112 Å². The maximum atomic E-state index is 13.3. The van der Waals surface area contributed by atoms with Crippen LogP contribution in [0.2, 0.25) is 0 Å². The van der Waals surface area contributed by atoms with Crippen LogP contribution in [0.25, 0.3) is 0 Å². The van der Waals surface area contributed by atoms with Gasteiger partial charge >= 0.3 is 0 Å². The molecule has 1 heterocycles. The molecule has 5 aliphatic carbocycles. The Balaban J connectivity index is 1.70. The second-order valence-corrected chi connectivity index (χ2v) is 12.0. The molecule has 7 bridgehead atoms. The van der Waals surface area contributed by atoms with Crippen molar-refractivity contribution in [2.75, 3.05) is 55.2 Å². The van der Waals surface area contributed by atoms with Crippen molar-refractivity contribution in [3.05, 3.63) is 0 Å². The van der Waals surface area contributed by atoms with Crippen molar-refractivity contribution < 1.29 is 33.9 Å². The number of nitrogens with zero attached hydrogens (tertiary/aromatic N) is 1. The van der Waals surface area contributed by atoms with Crippen LogP contribution < -0.4 is 0 Å². The molecule has 6 aliphatic rings. The average molecular weight is 482 g/mol. The quantitative estimate of drug-likeness (QED) is 0.555. The van der Waals surface area contributed by atoms with Crippen LogP contribution in [0, 0.1) is 34.5 Å². The average Bonchev–Trinajstić information content (AvgIpc) is 3.26. The van der Waals surface area contributed by atoms with E-state index in [4.69, 9.17) is 23.7 Å². The number of rotatable bonds is 7. The fraction of sp³-hybridized carbons (Fsp3) is 1.00. The van der Waals surface area contributed by atoms with Crippen LogP contribution in [0.3, 0.4) is 0 Å².